The predicted octanol–water partition coefficient (Wildman–Crippen LogP) is 1.55. The smallest absolute Gasteiger partial charge is 0.332 e. The van der Waals surface area contributed by atoms with Gasteiger partial charge in [-0.2, -0.15) is 0 Å². The summed E-state index contributed by atoms with van der Waals surface area (Å²) in [6, 6.07) is 1.57. The van der Waals surface area contributed by atoms with Crippen LogP contribution in [0.5, 0.6) is 0 Å². The van der Waals surface area contributed by atoms with Crippen molar-refractivity contribution in [2.45, 2.75) is 18.4 Å². The monoisotopic (exact) mass is 342 g/mol. The SMILES string of the molecule is COCC1(C(=O)O)CCCN1C(=O)c1ccncc1Br. The van der Waals surface area contributed by atoms with Gasteiger partial charge < -0.3 is 14.7 Å². The first-order chi connectivity index (χ1) is 9.53. The number of aromatic nitrogens is 1. The molecule has 6 nitrogen and oxygen atoms in total. The molecule has 0 bridgehead atoms. The molecule has 0 saturated carbocycles. The third-order valence-corrected chi connectivity index (χ3v) is 4.15. The van der Waals surface area contributed by atoms with Gasteiger partial charge in [-0.05, 0) is 34.8 Å². The Morgan fingerprint density at radius 1 is 1.60 bits per heavy atom. The number of methoxy groups -OCH3 is 1. The van der Waals surface area contributed by atoms with Crippen molar-refractivity contribution >= 4 is 27.8 Å². The molecule has 1 aromatic rings. The van der Waals surface area contributed by atoms with E-state index in [0.29, 0.717) is 29.4 Å². The summed E-state index contributed by atoms with van der Waals surface area (Å²) in [4.78, 5) is 29.5. The number of aliphatic carboxylic acids is 1. The number of rotatable bonds is 4. The lowest BCUT2D eigenvalue weighted by Gasteiger charge is -2.34. The van der Waals surface area contributed by atoms with Crippen molar-refractivity contribution in [1.29, 1.82) is 0 Å². The van der Waals surface area contributed by atoms with Gasteiger partial charge in [0.2, 0.25) is 0 Å². The van der Waals surface area contributed by atoms with Crippen molar-refractivity contribution < 1.29 is 19.4 Å². The van der Waals surface area contributed by atoms with Gasteiger partial charge in [-0.25, -0.2) is 4.79 Å². The number of likely N-dealkylation sites (tertiary alicyclic amines) is 1. The van der Waals surface area contributed by atoms with E-state index in [1.165, 1.54) is 24.4 Å². The van der Waals surface area contributed by atoms with Crippen LogP contribution in [-0.4, -0.2) is 52.7 Å². The maximum atomic E-state index is 12.6. The van der Waals surface area contributed by atoms with Crippen molar-refractivity contribution in [3.63, 3.8) is 0 Å². The van der Waals surface area contributed by atoms with E-state index in [2.05, 4.69) is 20.9 Å². The number of hydrogen-bond acceptors (Lipinski definition) is 4. The summed E-state index contributed by atoms with van der Waals surface area (Å²) < 4.78 is 5.59. The van der Waals surface area contributed by atoms with Gasteiger partial charge >= 0.3 is 5.97 Å². The minimum absolute atomic E-state index is 0.0171. The third kappa shape index (κ3) is 2.43. The van der Waals surface area contributed by atoms with Crippen LogP contribution in [0, 0.1) is 0 Å². The molecule has 1 fully saturated rings. The maximum Gasteiger partial charge on any atom is 0.332 e. The Balaban J connectivity index is 2.38. The fourth-order valence-corrected chi connectivity index (χ4v) is 2.96. The first kappa shape index (κ1) is 14.9. The van der Waals surface area contributed by atoms with Gasteiger partial charge in [0.05, 0.1) is 12.2 Å². The Morgan fingerprint density at radius 3 is 2.95 bits per heavy atom. The van der Waals surface area contributed by atoms with Gasteiger partial charge in [0.25, 0.3) is 5.91 Å². The molecule has 1 atom stereocenters. The Labute approximate surface area is 124 Å². The first-order valence-corrected chi connectivity index (χ1v) is 6.96. The molecule has 2 heterocycles. The normalized spacial score (nSPS) is 22.0. The van der Waals surface area contributed by atoms with Gasteiger partial charge in [-0.15, -0.1) is 0 Å². The second-order valence-corrected chi connectivity index (χ2v) is 5.54. The Hall–Kier alpha value is -1.47. The number of halogens is 1. The molecule has 0 aromatic carbocycles. The summed E-state index contributed by atoms with van der Waals surface area (Å²) in [5, 5.41) is 9.53. The topological polar surface area (TPSA) is 79.7 Å². The summed E-state index contributed by atoms with van der Waals surface area (Å²) in [7, 11) is 1.44. The van der Waals surface area contributed by atoms with Crippen LogP contribution in [-0.2, 0) is 9.53 Å². The quantitative estimate of drug-likeness (QED) is 0.897. The highest BCUT2D eigenvalue weighted by atomic mass is 79.9. The summed E-state index contributed by atoms with van der Waals surface area (Å²) in [6.45, 7) is 0.389. The van der Waals surface area contributed by atoms with E-state index in [4.69, 9.17) is 4.74 Å². The molecule has 2 rings (SSSR count). The second kappa shape index (κ2) is 5.88. The molecule has 1 aromatic heterocycles. The zero-order valence-corrected chi connectivity index (χ0v) is 12.6. The lowest BCUT2D eigenvalue weighted by atomic mass is 9.96. The largest absolute Gasteiger partial charge is 0.479 e. The van der Waals surface area contributed by atoms with Crippen molar-refractivity contribution in [2.24, 2.45) is 0 Å². The van der Waals surface area contributed by atoms with Gasteiger partial charge in [-0.3, -0.25) is 9.78 Å². The average Bonchev–Trinajstić information content (AvgIpc) is 2.84. The number of ether oxygens (including phenoxy) is 1. The standard InChI is InChI=1S/C13H15BrN2O4/c1-20-8-13(12(18)19)4-2-6-16(13)11(17)9-3-5-15-7-10(9)14/h3,5,7H,2,4,6,8H2,1H3,(H,18,19). The number of carboxylic acids is 1. The van der Waals surface area contributed by atoms with E-state index >= 15 is 0 Å². The lowest BCUT2D eigenvalue weighted by molar-refractivity contribution is -0.151. The lowest BCUT2D eigenvalue weighted by Crippen LogP contribution is -2.56. The summed E-state index contributed by atoms with van der Waals surface area (Å²) in [5.41, 5.74) is -0.877. The zero-order chi connectivity index (χ0) is 14.8. The van der Waals surface area contributed by atoms with E-state index in [-0.39, 0.29) is 12.5 Å². The van der Waals surface area contributed by atoms with E-state index in [1.807, 2.05) is 0 Å². The molecular formula is C13H15BrN2O4. The highest BCUT2D eigenvalue weighted by Crippen LogP contribution is 2.32. The molecule has 20 heavy (non-hydrogen) atoms. The Bertz CT molecular complexity index is 537. The van der Waals surface area contributed by atoms with Crippen LogP contribution in [0.2, 0.25) is 0 Å². The van der Waals surface area contributed by atoms with E-state index in [1.54, 1.807) is 6.07 Å². The maximum absolute atomic E-state index is 12.6. The fraction of sp³-hybridized carbons (Fsp3) is 0.462. The minimum atomic E-state index is -1.28. The minimum Gasteiger partial charge on any atom is -0.479 e. The third-order valence-electron chi connectivity index (χ3n) is 3.52. The summed E-state index contributed by atoms with van der Waals surface area (Å²) in [6.07, 6.45) is 4.06. The number of nitrogens with zero attached hydrogens (tertiary/aromatic N) is 2. The van der Waals surface area contributed by atoms with Crippen LogP contribution in [0.25, 0.3) is 0 Å². The average molecular weight is 343 g/mol. The molecule has 108 valence electrons. The number of pyridine rings is 1. The number of carbonyl (C=O) groups excluding carboxylic acids is 1. The van der Waals surface area contributed by atoms with E-state index in [9.17, 15) is 14.7 Å². The summed E-state index contributed by atoms with van der Waals surface area (Å²) >= 11 is 3.27. The summed E-state index contributed by atoms with van der Waals surface area (Å²) in [5.74, 6) is -1.35. The molecule has 7 heteroatoms. The van der Waals surface area contributed by atoms with Crippen LogP contribution in [0.15, 0.2) is 22.9 Å². The highest BCUT2D eigenvalue weighted by Gasteiger charge is 2.50. The molecule has 1 N–H and O–H groups in total. The first-order valence-electron chi connectivity index (χ1n) is 6.17. The second-order valence-electron chi connectivity index (χ2n) is 4.69. The van der Waals surface area contributed by atoms with Gasteiger partial charge in [0, 0.05) is 30.5 Å². The van der Waals surface area contributed by atoms with Crippen LogP contribution < -0.4 is 0 Å². The zero-order valence-electron chi connectivity index (χ0n) is 11.0. The van der Waals surface area contributed by atoms with Crippen molar-refractivity contribution in [2.75, 3.05) is 20.3 Å². The molecule has 1 aliphatic heterocycles. The predicted molar refractivity (Wildman–Crippen MR) is 74.5 cm³/mol. The molecule has 1 aliphatic rings. The van der Waals surface area contributed by atoms with Crippen molar-refractivity contribution in [3.05, 3.63) is 28.5 Å². The van der Waals surface area contributed by atoms with E-state index < -0.39 is 11.5 Å². The molecule has 0 aliphatic carbocycles. The fourth-order valence-electron chi connectivity index (χ4n) is 2.54. The van der Waals surface area contributed by atoms with Gasteiger partial charge in [-0.1, -0.05) is 0 Å². The van der Waals surface area contributed by atoms with Gasteiger partial charge in [0.1, 0.15) is 0 Å². The van der Waals surface area contributed by atoms with Gasteiger partial charge in [0.15, 0.2) is 5.54 Å². The number of carboxylic acid groups (broad SMARTS) is 1. The van der Waals surface area contributed by atoms with Crippen LogP contribution in [0.4, 0.5) is 0 Å². The molecule has 0 spiro atoms. The highest BCUT2D eigenvalue weighted by molar-refractivity contribution is 9.10. The van der Waals surface area contributed by atoms with E-state index in [0.717, 1.165) is 0 Å². The Morgan fingerprint density at radius 2 is 2.35 bits per heavy atom. The molecule has 1 unspecified atom stereocenters. The Kier molecular flexibility index (Phi) is 4.39. The molecular weight excluding hydrogens is 328 g/mol. The van der Waals surface area contributed by atoms with Crippen molar-refractivity contribution in [3.8, 4) is 0 Å². The van der Waals surface area contributed by atoms with Crippen LogP contribution in [0.1, 0.15) is 23.2 Å². The number of carbonyl (C=O) groups is 2. The number of hydrogen-bond donors (Lipinski definition) is 1. The molecule has 1 saturated heterocycles. The number of amides is 1. The van der Waals surface area contributed by atoms with Crippen LogP contribution >= 0.6 is 15.9 Å². The van der Waals surface area contributed by atoms with Crippen LogP contribution in [0.3, 0.4) is 0 Å². The molecule has 0 radical (unpaired) electrons. The molecule has 1 amide bonds. The van der Waals surface area contributed by atoms with Crippen molar-refractivity contribution in [1.82, 2.24) is 9.88 Å².